The molecule has 0 aliphatic carbocycles. The van der Waals surface area contributed by atoms with Crippen molar-refractivity contribution in [3.05, 3.63) is 41.4 Å². The van der Waals surface area contributed by atoms with E-state index in [1.54, 1.807) is 30.3 Å². The summed E-state index contributed by atoms with van der Waals surface area (Å²) in [5.74, 6) is 0.721. The Bertz CT molecular complexity index is 689. The van der Waals surface area contributed by atoms with Crippen LogP contribution >= 0.6 is 23.5 Å². The lowest BCUT2D eigenvalue weighted by atomic mass is 10.3. The maximum atomic E-state index is 9.86. The smallest absolute Gasteiger partial charge is 0.211 e. The molecular weight excluding hydrogens is 298 g/mol. The van der Waals surface area contributed by atoms with Crippen LogP contribution in [0.2, 0.25) is 5.02 Å². The van der Waals surface area contributed by atoms with Gasteiger partial charge in [0.05, 0.1) is 4.90 Å². The summed E-state index contributed by atoms with van der Waals surface area (Å²) in [5, 5.41) is 22.6. The zero-order valence-corrected chi connectivity index (χ0v) is 11.7. The van der Waals surface area contributed by atoms with E-state index in [1.807, 2.05) is 0 Å². The zero-order chi connectivity index (χ0) is 14.1. The first-order valence-electron chi connectivity index (χ1n) is 5.72. The maximum absolute atomic E-state index is 9.86. The standard InChI is InChI=1S/C13H10ClN3O2S/c14-7-5-10(19)12-11(6-7)20-17-13(16-12)15-8-1-3-9(18)4-2-8/h1-6,18-19H,(H2,15,16,17). The third-order valence-electron chi connectivity index (χ3n) is 2.63. The van der Waals surface area contributed by atoms with E-state index >= 15 is 0 Å². The zero-order valence-electron chi connectivity index (χ0n) is 10.1. The van der Waals surface area contributed by atoms with Crippen LogP contribution in [0, 0.1) is 0 Å². The van der Waals surface area contributed by atoms with Gasteiger partial charge < -0.3 is 15.5 Å². The van der Waals surface area contributed by atoms with Crippen LogP contribution in [0.15, 0.2) is 46.3 Å². The molecule has 0 bridgehead atoms. The average Bonchev–Trinajstić information content (AvgIpc) is 2.42. The molecule has 4 N–H and O–H groups in total. The van der Waals surface area contributed by atoms with Gasteiger partial charge in [-0.2, -0.15) is 0 Å². The molecule has 1 heterocycles. The molecule has 1 aliphatic heterocycles. The topological polar surface area (TPSA) is 76.9 Å². The van der Waals surface area contributed by atoms with E-state index in [4.69, 9.17) is 11.6 Å². The average molecular weight is 308 g/mol. The predicted molar refractivity (Wildman–Crippen MR) is 80.9 cm³/mol. The summed E-state index contributed by atoms with van der Waals surface area (Å²) in [6.45, 7) is 0. The first-order chi connectivity index (χ1) is 9.61. The highest BCUT2D eigenvalue weighted by atomic mass is 35.5. The Balaban J connectivity index is 1.89. The number of phenols is 2. The van der Waals surface area contributed by atoms with Gasteiger partial charge in [-0.1, -0.05) is 11.6 Å². The highest BCUT2D eigenvalue weighted by Crippen LogP contribution is 2.40. The van der Waals surface area contributed by atoms with E-state index in [2.05, 4.69) is 15.0 Å². The lowest BCUT2D eigenvalue weighted by molar-refractivity contribution is 0.475. The van der Waals surface area contributed by atoms with Crippen LogP contribution in [-0.4, -0.2) is 16.2 Å². The third-order valence-corrected chi connectivity index (χ3v) is 3.68. The van der Waals surface area contributed by atoms with Crippen LogP contribution in [0.25, 0.3) is 0 Å². The molecule has 2 aromatic rings. The number of benzene rings is 2. The van der Waals surface area contributed by atoms with Gasteiger partial charge in [0.1, 0.15) is 17.2 Å². The summed E-state index contributed by atoms with van der Waals surface area (Å²) >= 11 is 7.18. The Morgan fingerprint density at radius 1 is 1.15 bits per heavy atom. The lowest BCUT2D eigenvalue weighted by Gasteiger charge is -2.18. The van der Waals surface area contributed by atoms with Crippen LogP contribution in [0.1, 0.15) is 0 Å². The summed E-state index contributed by atoms with van der Waals surface area (Å²) in [4.78, 5) is 5.06. The summed E-state index contributed by atoms with van der Waals surface area (Å²) < 4.78 is 3.02. The molecule has 0 fully saturated rings. The summed E-state index contributed by atoms with van der Waals surface area (Å²) in [7, 11) is 0. The molecule has 0 unspecified atom stereocenters. The molecule has 0 saturated carbocycles. The number of phenolic OH excluding ortho intramolecular Hbond substituents is 2. The minimum absolute atomic E-state index is 0.0338. The Kier molecular flexibility index (Phi) is 3.33. The first kappa shape index (κ1) is 13.0. The fraction of sp³-hybridized carbons (Fsp3) is 0. The number of guanidine groups is 1. The molecule has 2 aromatic carbocycles. The monoisotopic (exact) mass is 307 g/mol. The van der Waals surface area contributed by atoms with Gasteiger partial charge in [0, 0.05) is 16.8 Å². The SMILES string of the molecule is Oc1ccc(NC2=Nc3c(O)cc(Cl)cc3SN2)cc1. The molecule has 0 amide bonds. The molecule has 102 valence electrons. The fourth-order valence-electron chi connectivity index (χ4n) is 1.72. The fourth-order valence-corrected chi connectivity index (χ4v) is 2.74. The van der Waals surface area contributed by atoms with Crippen molar-refractivity contribution >= 4 is 40.9 Å². The second-order valence-electron chi connectivity index (χ2n) is 4.11. The number of fused-ring (bicyclic) bond motifs is 1. The molecule has 0 atom stereocenters. The highest BCUT2D eigenvalue weighted by molar-refractivity contribution is 7.98. The molecule has 7 heteroatoms. The second kappa shape index (κ2) is 5.15. The largest absolute Gasteiger partial charge is 0.508 e. The van der Waals surface area contributed by atoms with E-state index in [0.717, 1.165) is 10.6 Å². The van der Waals surface area contributed by atoms with Gasteiger partial charge in [-0.05, 0) is 42.3 Å². The quantitative estimate of drug-likeness (QED) is 0.479. The number of aromatic hydroxyl groups is 2. The Hall–Kier alpha value is -2.05. The number of hydrogen-bond donors (Lipinski definition) is 4. The van der Waals surface area contributed by atoms with Crippen LogP contribution < -0.4 is 10.0 Å². The molecule has 0 spiro atoms. The van der Waals surface area contributed by atoms with Crippen molar-refractivity contribution in [3.8, 4) is 11.5 Å². The molecule has 5 nitrogen and oxygen atoms in total. The van der Waals surface area contributed by atoms with E-state index in [9.17, 15) is 10.2 Å². The van der Waals surface area contributed by atoms with Crippen molar-refractivity contribution in [2.75, 3.05) is 5.32 Å². The summed E-state index contributed by atoms with van der Waals surface area (Å²) in [6, 6.07) is 9.78. The van der Waals surface area contributed by atoms with Crippen molar-refractivity contribution in [2.24, 2.45) is 4.99 Å². The molecule has 0 saturated heterocycles. The van der Waals surface area contributed by atoms with Crippen molar-refractivity contribution in [1.29, 1.82) is 0 Å². The minimum Gasteiger partial charge on any atom is -0.508 e. The molecule has 20 heavy (non-hydrogen) atoms. The predicted octanol–water partition coefficient (Wildman–Crippen LogP) is 3.46. The van der Waals surface area contributed by atoms with Crippen LogP contribution in [0.5, 0.6) is 11.5 Å². The highest BCUT2D eigenvalue weighted by Gasteiger charge is 2.17. The maximum Gasteiger partial charge on any atom is 0.211 e. The van der Waals surface area contributed by atoms with Gasteiger partial charge in [-0.25, -0.2) is 4.99 Å². The lowest BCUT2D eigenvalue weighted by Crippen LogP contribution is -2.26. The van der Waals surface area contributed by atoms with E-state index in [-0.39, 0.29) is 11.5 Å². The summed E-state index contributed by atoms with van der Waals surface area (Å²) in [6.07, 6.45) is 0. The van der Waals surface area contributed by atoms with Crippen molar-refractivity contribution in [1.82, 2.24) is 4.72 Å². The van der Waals surface area contributed by atoms with Crippen molar-refractivity contribution in [2.45, 2.75) is 4.90 Å². The molecule has 3 rings (SSSR count). The van der Waals surface area contributed by atoms with Crippen LogP contribution in [-0.2, 0) is 0 Å². The first-order valence-corrected chi connectivity index (χ1v) is 6.91. The molecule has 1 aliphatic rings. The van der Waals surface area contributed by atoms with Gasteiger partial charge in [-0.15, -0.1) is 0 Å². The van der Waals surface area contributed by atoms with Crippen LogP contribution in [0.3, 0.4) is 0 Å². The van der Waals surface area contributed by atoms with E-state index in [1.165, 1.54) is 18.0 Å². The van der Waals surface area contributed by atoms with Crippen molar-refractivity contribution < 1.29 is 10.2 Å². The van der Waals surface area contributed by atoms with Crippen LogP contribution in [0.4, 0.5) is 11.4 Å². The summed E-state index contributed by atoms with van der Waals surface area (Å²) in [5.41, 5.74) is 1.24. The van der Waals surface area contributed by atoms with E-state index < -0.39 is 0 Å². The number of halogens is 1. The third kappa shape index (κ3) is 2.61. The molecular formula is C13H10ClN3O2S. The van der Waals surface area contributed by atoms with Crippen molar-refractivity contribution in [3.63, 3.8) is 0 Å². The number of rotatable bonds is 1. The van der Waals surface area contributed by atoms with Gasteiger partial charge >= 0.3 is 0 Å². The molecule has 0 radical (unpaired) electrons. The number of hydrogen-bond acceptors (Lipinski definition) is 6. The number of nitrogens with zero attached hydrogens (tertiary/aromatic N) is 1. The second-order valence-corrected chi connectivity index (χ2v) is 5.39. The minimum atomic E-state index is 0.0338. The number of aliphatic imine (C=N–C) groups is 1. The van der Waals surface area contributed by atoms with Gasteiger partial charge in [0.15, 0.2) is 0 Å². The Morgan fingerprint density at radius 3 is 2.65 bits per heavy atom. The Morgan fingerprint density at radius 2 is 1.90 bits per heavy atom. The van der Waals surface area contributed by atoms with Gasteiger partial charge in [0.25, 0.3) is 0 Å². The van der Waals surface area contributed by atoms with Gasteiger partial charge in [0.2, 0.25) is 5.96 Å². The Labute approximate surface area is 124 Å². The molecule has 0 aromatic heterocycles. The van der Waals surface area contributed by atoms with Gasteiger partial charge in [-0.3, -0.25) is 4.72 Å². The number of nitrogens with one attached hydrogen (secondary N) is 2. The normalized spacial score (nSPS) is 13.2. The van der Waals surface area contributed by atoms with E-state index in [0.29, 0.717) is 16.7 Å². The number of anilines is 1.